The van der Waals surface area contributed by atoms with Crippen LogP contribution in [0.25, 0.3) is 10.9 Å². The lowest BCUT2D eigenvalue weighted by molar-refractivity contribution is 0.900. The van der Waals surface area contributed by atoms with Crippen LogP contribution >= 0.6 is 11.6 Å². The van der Waals surface area contributed by atoms with Crippen molar-refractivity contribution < 1.29 is 0 Å². The third-order valence-electron chi connectivity index (χ3n) is 3.77. The molecule has 1 heterocycles. The molecule has 0 saturated heterocycles. The van der Waals surface area contributed by atoms with Gasteiger partial charge in [0.1, 0.15) is 0 Å². The zero-order valence-electron chi connectivity index (χ0n) is 11.5. The number of anilines is 1. The maximum atomic E-state index is 6.38. The Balaban J connectivity index is 2.28. The molecule has 1 aliphatic rings. The molecule has 0 amide bonds. The fraction of sp³-hybridized carbons (Fsp3) is 0.438. The van der Waals surface area contributed by atoms with Gasteiger partial charge < -0.3 is 5.32 Å². The summed E-state index contributed by atoms with van der Waals surface area (Å²) in [6.07, 6.45) is 4.54. The first-order valence-electron chi connectivity index (χ1n) is 7.06. The molecule has 3 heteroatoms. The van der Waals surface area contributed by atoms with Gasteiger partial charge in [-0.2, -0.15) is 0 Å². The first-order valence-corrected chi connectivity index (χ1v) is 7.44. The number of halogens is 1. The first kappa shape index (κ1) is 12.7. The number of hydrogen-bond acceptors (Lipinski definition) is 2. The minimum absolute atomic E-state index is 0.768. The molecule has 100 valence electrons. The second-order valence-electron chi connectivity index (χ2n) is 5.34. The normalized spacial score (nSPS) is 13.8. The van der Waals surface area contributed by atoms with Crippen molar-refractivity contribution in [3.8, 4) is 0 Å². The molecule has 19 heavy (non-hydrogen) atoms. The van der Waals surface area contributed by atoms with Gasteiger partial charge in [-0.15, -0.1) is 0 Å². The van der Waals surface area contributed by atoms with E-state index in [4.69, 9.17) is 16.6 Å². The minimum atomic E-state index is 0.768. The van der Waals surface area contributed by atoms with Crippen molar-refractivity contribution in [3.05, 3.63) is 34.0 Å². The van der Waals surface area contributed by atoms with Crippen LogP contribution in [0.5, 0.6) is 0 Å². The van der Waals surface area contributed by atoms with Crippen molar-refractivity contribution in [1.82, 2.24) is 4.98 Å². The third-order valence-corrected chi connectivity index (χ3v) is 4.05. The van der Waals surface area contributed by atoms with E-state index in [0.29, 0.717) is 0 Å². The molecule has 0 unspecified atom stereocenters. The van der Waals surface area contributed by atoms with Gasteiger partial charge in [0, 0.05) is 23.3 Å². The van der Waals surface area contributed by atoms with Crippen LogP contribution in [0.2, 0.25) is 5.02 Å². The monoisotopic (exact) mass is 274 g/mol. The molecule has 3 rings (SSSR count). The van der Waals surface area contributed by atoms with Crippen molar-refractivity contribution in [2.45, 2.75) is 39.5 Å². The van der Waals surface area contributed by atoms with E-state index in [1.807, 2.05) is 6.07 Å². The van der Waals surface area contributed by atoms with E-state index >= 15 is 0 Å². The maximum absolute atomic E-state index is 6.38. The second-order valence-corrected chi connectivity index (χ2v) is 5.74. The van der Waals surface area contributed by atoms with Gasteiger partial charge in [-0.3, -0.25) is 4.98 Å². The zero-order chi connectivity index (χ0) is 13.4. The SMILES string of the molecule is CCCNc1c2c(nc3c(Cl)cc(C)cc13)CCC2. The molecule has 1 N–H and O–H groups in total. The Morgan fingerprint density at radius 1 is 1.32 bits per heavy atom. The average molecular weight is 275 g/mol. The van der Waals surface area contributed by atoms with Gasteiger partial charge in [0.2, 0.25) is 0 Å². The van der Waals surface area contributed by atoms with Crippen molar-refractivity contribution in [1.29, 1.82) is 0 Å². The Kier molecular flexibility index (Phi) is 3.36. The summed E-state index contributed by atoms with van der Waals surface area (Å²) >= 11 is 6.38. The van der Waals surface area contributed by atoms with Gasteiger partial charge in [-0.1, -0.05) is 18.5 Å². The van der Waals surface area contributed by atoms with E-state index in [0.717, 1.165) is 36.3 Å². The highest BCUT2D eigenvalue weighted by atomic mass is 35.5. The van der Waals surface area contributed by atoms with Crippen molar-refractivity contribution >= 4 is 28.2 Å². The summed E-state index contributed by atoms with van der Waals surface area (Å²) < 4.78 is 0. The number of hydrogen-bond donors (Lipinski definition) is 1. The number of pyridine rings is 1. The summed E-state index contributed by atoms with van der Waals surface area (Å²) in [5.74, 6) is 0. The lowest BCUT2D eigenvalue weighted by Gasteiger charge is -2.15. The van der Waals surface area contributed by atoms with E-state index in [1.54, 1.807) is 0 Å². The Bertz CT molecular complexity index is 634. The molecule has 0 saturated carbocycles. The molecule has 1 aliphatic carbocycles. The molecule has 0 atom stereocenters. The van der Waals surface area contributed by atoms with E-state index < -0.39 is 0 Å². The standard InChI is InChI=1S/C16H19ClN2/c1-3-7-18-15-11-5-4-6-14(11)19-16-12(15)8-10(2)9-13(16)17/h8-9H,3-7H2,1-2H3,(H,18,19). The number of aryl methyl sites for hydroxylation is 2. The number of fused-ring (bicyclic) bond motifs is 2. The quantitative estimate of drug-likeness (QED) is 0.891. The maximum Gasteiger partial charge on any atom is 0.0912 e. The van der Waals surface area contributed by atoms with E-state index in [9.17, 15) is 0 Å². The summed E-state index contributed by atoms with van der Waals surface area (Å²) in [4.78, 5) is 4.79. The molecule has 0 spiro atoms. The van der Waals surface area contributed by atoms with Crippen LogP contribution < -0.4 is 5.32 Å². The van der Waals surface area contributed by atoms with E-state index in [1.165, 1.54) is 34.3 Å². The molecule has 1 aromatic carbocycles. The fourth-order valence-electron chi connectivity index (χ4n) is 2.91. The second kappa shape index (κ2) is 5.01. The van der Waals surface area contributed by atoms with Crippen LogP contribution in [-0.4, -0.2) is 11.5 Å². The molecule has 0 bridgehead atoms. The number of rotatable bonds is 3. The molecule has 2 aromatic rings. The van der Waals surface area contributed by atoms with Crippen LogP contribution in [0.3, 0.4) is 0 Å². The Morgan fingerprint density at radius 3 is 2.95 bits per heavy atom. The first-order chi connectivity index (χ1) is 9.20. The van der Waals surface area contributed by atoms with Crippen molar-refractivity contribution in [2.24, 2.45) is 0 Å². The topological polar surface area (TPSA) is 24.9 Å². The Labute approximate surface area is 119 Å². The molecule has 0 aliphatic heterocycles. The Morgan fingerprint density at radius 2 is 2.16 bits per heavy atom. The number of benzene rings is 1. The van der Waals surface area contributed by atoms with Gasteiger partial charge in [0.05, 0.1) is 10.5 Å². The van der Waals surface area contributed by atoms with Crippen LogP contribution in [0.4, 0.5) is 5.69 Å². The number of aromatic nitrogens is 1. The summed E-state index contributed by atoms with van der Waals surface area (Å²) in [5.41, 5.74) is 6.05. The number of nitrogens with one attached hydrogen (secondary N) is 1. The molecule has 0 radical (unpaired) electrons. The summed E-state index contributed by atoms with van der Waals surface area (Å²) in [6.45, 7) is 5.27. The van der Waals surface area contributed by atoms with Crippen LogP contribution in [0.1, 0.15) is 36.6 Å². The van der Waals surface area contributed by atoms with Crippen molar-refractivity contribution in [3.63, 3.8) is 0 Å². The van der Waals surface area contributed by atoms with Gasteiger partial charge >= 0.3 is 0 Å². The summed E-state index contributed by atoms with van der Waals surface area (Å²) in [7, 11) is 0. The zero-order valence-corrected chi connectivity index (χ0v) is 12.3. The predicted octanol–water partition coefficient (Wildman–Crippen LogP) is 4.51. The average Bonchev–Trinajstić information content (AvgIpc) is 2.83. The Hall–Kier alpha value is -1.28. The molecular weight excluding hydrogens is 256 g/mol. The molecule has 0 fully saturated rings. The predicted molar refractivity (Wildman–Crippen MR) is 82.3 cm³/mol. The highest BCUT2D eigenvalue weighted by molar-refractivity contribution is 6.35. The van der Waals surface area contributed by atoms with E-state index in [2.05, 4.69) is 25.2 Å². The lowest BCUT2D eigenvalue weighted by atomic mass is 10.0. The van der Waals surface area contributed by atoms with E-state index in [-0.39, 0.29) is 0 Å². The van der Waals surface area contributed by atoms with Crippen LogP contribution in [0.15, 0.2) is 12.1 Å². The largest absolute Gasteiger partial charge is 0.384 e. The third kappa shape index (κ3) is 2.18. The lowest BCUT2D eigenvalue weighted by Crippen LogP contribution is -2.05. The fourth-order valence-corrected chi connectivity index (χ4v) is 3.22. The smallest absolute Gasteiger partial charge is 0.0912 e. The summed E-state index contributed by atoms with van der Waals surface area (Å²) in [6, 6.07) is 4.20. The number of nitrogens with zero attached hydrogens (tertiary/aromatic N) is 1. The molecule has 2 nitrogen and oxygen atoms in total. The highest BCUT2D eigenvalue weighted by Gasteiger charge is 2.20. The van der Waals surface area contributed by atoms with Crippen molar-refractivity contribution in [2.75, 3.05) is 11.9 Å². The van der Waals surface area contributed by atoms with Gasteiger partial charge in [0.15, 0.2) is 0 Å². The molecular formula is C16H19ClN2. The van der Waals surface area contributed by atoms with Crippen LogP contribution in [0, 0.1) is 6.92 Å². The minimum Gasteiger partial charge on any atom is -0.384 e. The van der Waals surface area contributed by atoms with Gasteiger partial charge in [-0.05, 0) is 55.9 Å². The summed E-state index contributed by atoms with van der Waals surface area (Å²) in [5, 5.41) is 5.54. The van der Waals surface area contributed by atoms with Gasteiger partial charge in [-0.25, -0.2) is 0 Å². The highest BCUT2D eigenvalue weighted by Crippen LogP contribution is 2.37. The van der Waals surface area contributed by atoms with Crippen LogP contribution in [-0.2, 0) is 12.8 Å². The van der Waals surface area contributed by atoms with Gasteiger partial charge in [0.25, 0.3) is 0 Å². The molecule has 1 aromatic heterocycles.